The minimum Gasteiger partial charge on any atom is -0.323 e. The number of aryl methyl sites for hydroxylation is 1. The molecule has 1 aromatic heterocycles. The van der Waals surface area contributed by atoms with Gasteiger partial charge in [-0.15, -0.1) is 0 Å². The summed E-state index contributed by atoms with van der Waals surface area (Å²) in [5, 5.41) is 7.24. The highest BCUT2D eigenvalue weighted by molar-refractivity contribution is 5.96. The topological polar surface area (TPSA) is 46.9 Å². The van der Waals surface area contributed by atoms with Crippen molar-refractivity contribution in [3.05, 3.63) is 47.8 Å². The molecule has 0 aliphatic heterocycles. The minimum atomic E-state index is -0.124. The molecule has 4 heteroatoms. The van der Waals surface area contributed by atoms with Gasteiger partial charge >= 0.3 is 0 Å². The van der Waals surface area contributed by atoms with Crippen LogP contribution in [0.2, 0.25) is 0 Å². The number of hydrogen-bond acceptors (Lipinski definition) is 2. The molecule has 0 saturated carbocycles. The second kappa shape index (κ2) is 6.37. The minimum absolute atomic E-state index is 0.0254. The largest absolute Gasteiger partial charge is 0.323 e. The molecule has 1 aromatic carbocycles. The van der Waals surface area contributed by atoms with E-state index in [1.807, 2.05) is 55.8 Å². The molecule has 1 amide bonds. The number of rotatable bonds is 5. The SMILES string of the molecule is CCC(C(=O)Nc1cnn(CC)c1C)c1ccccc1. The van der Waals surface area contributed by atoms with E-state index in [0.717, 1.165) is 29.9 Å². The third kappa shape index (κ3) is 2.90. The van der Waals surface area contributed by atoms with E-state index < -0.39 is 0 Å². The van der Waals surface area contributed by atoms with Crippen LogP contribution in [-0.4, -0.2) is 15.7 Å². The third-order valence-corrected chi connectivity index (χ3v) is 3.59. The van der Waals surface area contributed by atoms with Gasteiger partial charge in [0.05, 0.1) is 23.5 Å². The summed E-state index contributed by atoms with van der Waals surface area (Å²) in [6, 6.07) is 9.88. The molecule has 106 valence electrons. The van der Waals surface area contributed by atoms with Gasteiger partial charge in [-0.3, -0.25) is 9.48 Å². The van der Waals surface area contributed by atoms with E-state index in [2.05, 4.69) is 10.4 Å². The first kappa shape index (κ1) is 14.3. The molecule has 0 bridgehead atoms. The van der Waals surface area contributed by atoms with Crippen molar-refractivity contribution in [3.8, 4) is 0 Å². The lowest BCUT2D eigenvalue weighted by Gasteiger charge is -2.15. The highest BCUT2D eigenvalue weighted by Crippen LogP contribution is 2.22. The summed E-state index contributed by atoms with van der Waals surface area (Å²) in [7, 11) is 0. The fraction of sp³-hybridized carbons (Fsp3) is 0.375. The van der Waals surface area contributed by atoms with E-state index in [0.29, 0.717) is 0 Å². The Kier molecular flexibility index (Phi) is 4.56. The van der Waals surface area contributed by atoms with Crippen molar-refractivity contribution >= 4 is 11.6 Å². The summed E-state index contributed by atoms with van der Waals surface area (Å²) in [5.74, 6) is -0.0990. The average Bonchev–Trinajstić information content (AvgIpc) is 2.81. The zero-order valence-corrected chi connectivity index (χ0v) is 12.3. The summed E-state index contributed by atoms with van der Waals surface area (Å²) in [6.45, 7) is 6.83. The second-order valence-corrected chi connectivity index (χ2v) is 4.82. The Morgan fingerprint density at radius 1 is 1.30 bits per heavy atom. The van der Waals surface area contributed by atoms with Crippen molar-refractivity contribution in [2.24, 2.45) is 0 Å². The smallest absolute Gasteiger partial charge is 0.231 e. The van der Waals surface area contributed by atoms with Gasteiger partial charge in [-0.25, -0.2) is 0 Å². The molecule has 1 N–H and O–H groups in total. The number of nitrogens with one attached hydrogen (secondary N) is 1. The van der Waals surface area contributed by atoms with Crippen LogP contribution in [0.5, 0.6) is 0 Å². The average molecular weight is 271 g/mol. The number of carbonyl (C=O) groups excluding carboxylic acids is 1. The molecular weight excluding hydrogens is 250 g/mol. The zero-order chi connectivity index (χ0) is 14.5. The zero-order valence-electron chi connectivity index (χ0n) is 12.3. The van der Waals surface area contributed by atoms with Gasteiger partial charge < -0.3 is 5.32 Å². The van der Waals surface area contributed by atoms with Gasteiger partial charge in [0, 0.05) is 6.54 Å². The third-order valence-electron chi connectivity index (χ3n) is 3.59. The Morgan fingerprint density at radius 2 is 2.00 bits per heavy atom. The predicted octanol–water partition coefficient (Wildman–Crippen LogP) is 3.34. The van der Waals surface area contributed by atoms with Gasteiger partial charge in [-0.1, -0.05) is 37.3 Å². The van der Waals surface area contributed by atoms with E-state index in [-0.39, 0.29) is 11.8 Å². The number of carbonyl (C=O) groups is 1. The Labute approximate surface area is 119 Å². The molecule has 0 aliphatic carbocycles. The molecule has 2 aromatic rings. The van der Waals surface area contributed by atoms with Gasteiger partial charge in [0.1, 0.15) is 0 Å². The van der Waals surface area contributed by atoms with Crippen LogP contribution < -0.4 is 5.32 Å². The first-order chi connectivity index (χ1) is 9.67. The van der Waals surface area contributed by atoms with Crippen molar-refractivity contribution in [1.82, 2.24) is 9.78 Å². The van der Waals surface area contributed by atoms with E-state index in [1.54, 1.807) is 6.20 Å². The lowest BCUT2D eigenvalue weighted by molar-refractivity contribution is -0.117. The van der Waals surface area contributed by atoms with Crippen LogP contribution in [-0.2, 0) is 11.3 Å². The summed E-state index contributed by atoms with van der Waals surface area (Å²) in [6.07, 6.45) is 2.49. The van der Waals surface area contributed by atoms with Gasteiger partial charge in [-0.05, 0) is 25.8 Å². The number of hydrogen-bond donors (Lipinski definition) is 1. The van der Waals surface area contributed by atoms with Crippen molar-refractivity contribution in [2.45, 2.75) is 39.7 Å². The molecular formula is C16H21N3O. The molecule has 1 atom stereocenters. The first-order valence-corrected chi connectivity index (χ1v) is 7.05. The van der Waals surface area contributed by atoms with E-state index in [1.165, 1.54) is 0 Å². The maximum atomic E-state index is 12.4. The quantitative estimate of drug-likeness (QED) is 0.906. The Balaban J connectivity index is 2.16. The Hall–Kier alpha value is -2.10. The molecule has 4 nitrogen and oxygen atoms in total. The normalized spacial score (nSPS) is 12.2. The van der Waals surface area contributed by atoms with Crippen LogP contribution in [0.25, 0.3) is 0 Å². The van der Waals surface area contributed by atoms with Gasteiger partial charge in [-0.2, -0.15) is 5.10 Å². The van der Waals surface area contributed by atoms with Crippen LogP contribution in [0.3, 0.4) is 0 Å². The maximum absolute atomic E-state index is 12.4. The van der Waals surface area contributed by atoms with E-state index >= 15 is 0 Å². The van der Waals surface area contributed by atoms with Crippen molar-refractivity contribution in [1.29, 1.82) is 0 Å². The lowest BCUT2D eigenvalue weighted by Crippen LogP contribution is -2.21. The molecule has 0 saturated heterocycles. The number of amides is 1. The van der Waals surface area contributed by atoms with E-state index in [4.69, 9.17) is 0 Å². The van der Waals surface area contributed by atoms with Crippen LogP contribution in [0.1, 0.15) is 37.4 Å². The Bertz CT molecular complexity index is 575. The maximum Gasteiger partial charge on any atom is 0.231 e. The lowest BCUT2D eigenvalue weighted by atomic mass is 9.95. The second-order valence-electron chi connectivity index (χ2n) is 4.82. The number of benzene rings is 1. The summed E-state index contributed by atoms with van der Waals surface area (Å²) >= 11 is 0. The summed E-state index contributed by atoms with van der Waals surface area (Å²) in [5.41, 5.74) is 2.84. The highest BCUT2D eigenvalue weighted by Gasteiger charge is 2.19. The Morgan fingerprint density at radius 3 is 2.55 bits per heavy atom. The highest BCUT2D eigenvalue weighted by atomic mass is 16.1. The molecule has 0 spiro atoms. The van der Waals surface area contributed by atoms with Gasteiger partial charge in [0.2, 0.25) is 5.91 Å². The number of aromatic nitrogens is 2. The van der Waals surface area contributed by atoms with Crippen molar-refractivity contribution in [3.63, 3.8) is 0 Å². The molecule has 0 fully saturated rings. The van der Waals surface area contributed by atoms with Gasteiger partial charge in [0.25, 0.3) is 0 Å². The monoisotopic (exact) mass is 271 g/mol. The molecule has 2 rings (SSSR count). The summed E-state index contributed by atoms with van der Waals surface area (Å²) < 4.78 is 1.87. The summed E-state index contributed by atoms with van der Waals surface area (Å²) in [4.78, 5) is 12.4. The first-order valence-electron chi connectivity index (χ1n) is 7.05. The molecule has 1 unspecified atom stereocenters. The van der Waals surface area contributed by atoms with Gasteiger partial charge in [0.15, 0.2) is 0 Å². The predicted molar refractivity (Wildman–Crippen MR) is 80.7 cm³/mol. The fourth-order valence-electron chi connectivity index (χ4n) is 2.37. The molecule has 0 aliphatic rings. The van der Waals surface area contributed by atoms with Crippen LogP contribution in [0, 0.1) is 6.92 Å². The van der Waals surface area contributed by atoms with Crippen LogP contribution in [0.4, 0.5) is 5.69 Å². The van der Waals surface area contributed by atoms with Crippen molar-refractivity contribution in [2.75, 3.05) is 5.32 Å². The number of nitrogens with zero attached hydrogens (tertiary/aromatic N) is 2. The van der Waals surface area contributed by atoms with Crippen LogP contribution in [0.15, 0.2) is 36.5 Å². The van der Waals surface area contributed by atoms with Crippen molar-refractivity contribution < 1.29 is 4.79 Å². The fourth-order valence-corrected chi connectivity index (χ4v) is 2.37. The standard InChI is InChI=1S/C16H21N3O/c1-4-14(13-9-7-6-8-10-13)16(20)18-15-11-17-19(5-2)12(15)3/h6-11,14H,4-5H2,1-3H3,(H,18,20). The molecule has 1 heterocycles. The van der Waals surface area contributed by atoms with E-state index in [9.17, 15) is 4.79 Å². The van der Waals surface area contributed by atoms with Crippen LogP contribution >= 0.6 is 0 Å². The molecule has 0 radical (unpaired) electrons. The molecule has 20 heavy (non-hydrogen) atoms. The number of anilines is 1.